The van der Waals surface area contributed by atoms with Crippen molar-refractivity contribution in [2.75, 3.05) is 19.7 Å². The molecular formula is C15H21NO4. The summed E-state index contributed by atoms with van der Waals surface area (Å²) < 4.78 is 5.34. The number of carboxylic acids is 1. The van der Waals surface area contributed by atoms with Gasteiger partial charge in [-0.3, -0.25) is 9.59 Å². The van der Waals surface area contributed by atoms with Crippen molar-refractivity contribution in [1.82, 2.24) is 4.90 Å². The molecule has 0 fully saturated rings. The maximum atomic E-state index is 11.9. The quantitative estimate of drug-likeness (QED) is 0.787. The number of benzene rings is 1. The third kappa shape index (κ3) is 6.33. The number of carboxylic acid groups (broad SMARTS) is 1. The fraction of sp³-hybridized carbons (Fsp3) is 0.467. The number of nitrogens with zero attached hydrogens (tertiary/aromatic N) is 1. The topological polar surface area (TPSA) is 66.8 Å². The van der Waals surface area contributed by atoms with Crippen LogP contribution in [-0.4, -0.2) is 41.6 Å². The Bertz CT molecular complexity index is 431. The summed E-state index contributed by atoms with van der Waals surface area (Å²) in [7, 11) is 0. The predicted molar refractivity (Wildman–Crippen MR) is 75.2 cm³/mol. The van der Waals surface area contributed by atoms with Crippen molar-refractivity contribution in [1.29, 1.82) is 0 Å². The minimum atomic E-state index is -1.01. The summed E-state index contributed by atoms with van der Waals surface area (Å²) in [6.45, 7) is 4.25. The maximum Gasteiger partial charge on any atom is 0.323 e. The van der Waals surface area contributed by atoms with Crippen LogP contribution < -0.4 is 0 Å². The third-order valence-corrected chi connectivity index (χ3v) is 2.60. The van der Waals surface area contributed by atoms with Gasteiger partial charge < -0.3 is 14.7 Å². The molecule has 0 bridgehead atoms. The highest BCUT2D eigenvalue weighted by Crippen LogP contribution is 2.03. The number of carbonyl (C=O) groups excluding carboxylic acids is 1. The Morgan fingerprint density at radius 2 is 1.90 bits per heavy atom. The number of rotatable bonds is 8. The van der Waals surface area contributed by atoms with Crippen LogP contribution in [0.15, 0.2) is 30.3 Å². The molecule has 0 atom stereocenters. The summed E-state index contributed by atoms with van der Waals surface area (Å²) >= 11 is 0. The summed E-state index contributed by atoms with van der Waals surface area (Å²) in [5.74, 6) is -1.09. The van der Waals surface area contributed by atoms with E-state index in [0.717, 1.165) is 5.56 Å². The van der Waals surface area contributed by atoms with Crippen molar-refractivity contribution in [3.05, 3.63) is 35.9 Å². The number of carbonyl (C=O) groups is 2. The fourth-order valence-electron chi connectivity index (χ4n) is 1.78. The van der Waals surface area contributed by atoms with Crippen molar-refractivity contribution < 1.29 is 19.4 Å². The molecule has 5 nitrogen and oxygen atoms in total. The van der Waals surface area contributed by atoms with E-state index in [1.54, 1.807) is 0 Å². The SMILES string of the molecule is CC(C)CN(CC(=O)O)C(=O)COCc1ccccc1. The molecule has 0 aliphatic heterocycles. The Morgan fingerprint density at radius 3 is 2.45 bits per heavy atom. The van der Waals surface area contributed by atoms with Gasteiger partial charge in [0.05, 0.1) is 6.61 Å². The summed E-state index contributed by atoms with van der Waals surface area (Å²) in [6.07, 6.45) is 0. The van der Waals surface area contributed by atoms with Crippen molar-refractivity contribution >= 4 is 11.9 Å². The molecular weight excluding hydrogens is 258 g/mol. The normalized spacial score (nSPS) is 10.6. The number of hydrogen-bond acceptors (Lipinski definition) is 3. The molecule has 0 aromatic heterocycles. The van der Waals surface area contributed by atoms with Crippen LogP contribution in [0.4, 0.5) is 0 Å². The molecule has 1 N–H and O–H groups in total. The van der Waals surface area contributed by atoms with Gasteiger partial charge in [0, 0.05) is 6.54 Å². The van der Waals surface area contributed by atoms with Gasteiger partial charge in [-0.05, 0) is 11.5 Å². The zero-order chi connectivity index (χ0) is 15.0. The summed E-state index contributed by atoms with van der Waals surface area (Å²) in [4.78, 5) is 24.0. The Labute approximate surface area is 119 Å². The van der Waals surface area contributed by atoms with Crippen LogP contribution >= 0.6 is 0 Å². The molecule has 5 heteroatoms. The van der Waals surface area contributed by atoms with Crippen LogP contribution in [0.3, 0.4) is 0 Å². The van der Waals surface area contributed by atoms with E-state index in [9.17, 15) is 9.59 Å². The molecule has 0 aliphatic rings. The van der Waals surface area contributed by atoms with E-state index in [4.69, 9.17) is 9.84 Å². The second-order valence-corrected chi connectivity index (χ2v) is 5.04. The standard InChI is InChI=1S/C15H21NO4/c1-12(2)8-16(9-15(18)19)14(17)11-20-10-13-6-4-3-5-7-13/h3-7,12H,8-11H2,1-2H3,(H,18,19). The molecule has 110 valence electrons. The van der Waals surface area contributed by atoms with Gasteiger partial charge in [0.25, 0.3) is 0 Å². The molecule has 1 amide bonds. The molecule has 0 radical (unpaired) electrons. The van der Waals surface area contributed by atoms with Crippen LogP contribution in [0.5, 0.6) is 0 Å². The molecule has 0 heterocycles. The number of ether oxygens (including phenoxy) is 1. The predicted octanol–water partition coefficient (Wildman–Crippen LogP) is 1.77. The molecule has 0 unspecified atom stereocenters. The van der Waals surface area contributed by atoms with Gasteiger partial charge in [0.2, 0.25) is 5.91 Å². The van der Waals surface area contributed by atoms with Gasteiger partial charge in [-0.15, -0.1) is 0 Å². The van der Waals surface area contributed by atoms with Crippen molar-refractivity contribution in [2.45, 2.75) is 20.5 Å². The average molecular weight is 279 g/mol. The molecule has 1 rings (SSSR count). The zero-order valence-corrected chi connectivity index (χ0v) is 11.9. The lowest BCUT2D eigenvalue weighted by atomic mass is 10.2. The zero-order valence-electron chi connectivity index (χ0n) is 11.9. The van der Waals surface area contributed by atoms with Gasteiger partial charge in [-0.2, -0.15) is 0 Å². The molecule has 20 heavy (non-hydrogen) atoms. The van der Waals surface area contributed by atoms with E-state index in [-0.39, 0.29) is 25.0 Å². The van der Waals surface area contributed by atoms with Crippen LogP contribution in [0.25, 0.3) is 0 Å². The average Bonchev–Trinajstić information content (AvgIpc) is 2.38. The van der Waals surface area contributed by atoms with E-state index in [1.165, 1.54) is 4.90 Å². The first-order chi connectivity index (χ1) is 9.49. The lowest BCUT2D eigenvalue weighted by Crippen LogP contribution is -2.40. The van der Waals surface area contributed by atoms with Crippen LogP contribution in [-0.2, 0) is 20.9 Å². The smallest absolute Gasteiger partial charge is 0.323 e. The molecule has 0 saturated carbocycles. The monoisotopic (exact) mass is 279 g/mol. The minimum absolute atomic E-state index is 0.102. The number of hydrogen-bond donors (Lipinski definition) is 1. The van der Waals surface area contributed by atoms with Crippen molar-refractivity contribution in [3.8, 4) is 0 Å². The van der Waals surface area contributed by atoms with E-state index in [1.807, 2.05) is 44.2 Å². The summed E-state index contributed by atoms with van der Waals surface area (Å²) in [6, 6.07) is 9.53. The Hall–Kier alpha value is -1.88. The Balaban J connectivity index is 2.43. The highest BCUT2D eigenvalue weighted by Gasteiger charge is 2.17. The third-order valence-electron chi connectivity index (χ3n) is 2.60. The number of aliphatic carboxylic acids is 1. The summed E-state index contributed by atoms with van der Waals surface area (Å²) in [5, 5.41) is 8.81. The molecule has 1 aromatic carbocycles. The largest absolute Gasteiger partial charge is 0.480 e. The van der Waals surface area contributed by atoms with Crippen molar-refractivity contribution in [3.63, 3.8) is 0 Å². The van der Waals surface area contributed by atoms with E-state index < -0.39 is 5.97 Å². The van der Waals surface area contributed by atoms with Gasteiger partial charge in [-0.1, -0.05) is 44.2 Å². The van der Waals surface area contributed by atoms with E-state index in [0.29, 0.717) is 13.2 Å². The van der Waals surface area contributed by atoms with Gasteiger partial charge in [0.1, 0.15) is 13.2 Å². The fourth-order valence-corrected chi connectivity index (χ4v) is 1.78. The molecule has 0 spiro atoms. The Kier molecular flexibility index (Phi) is 6.73. The molecule has 1 aromatic rings. The first-order valence-electron chi connectivity index (χ1n) is 6.60. The molecule has 0 saturated heterocycles. The van der Waals surface area contributed by atoms with Gasteiger partial charge >= 0.3 is 5.97 Å². The Morgan fingerprint density at radius 1 is 1.25 bits per heavy atom. The molecule has 0 aliphatic carbocycles. The first kappa shape index (κ1) is 16.2. The highest BCUT2D eigenvalue weighted by molar-refractivity contribution is 5.82. The minimum Gasteiger partial charge on any atom is -0.480 e. The van der Waals surface area contributed by atoms with Crippen LogP contribution in [0.1, 0.15) is 19.4 Å². The maximum absolute atomic E-state index is 11.9. The summed E-state index contributed by atoms with van der Waals surface area (Å²) in [5.41, 5.74) is 0.981. The van der Waals surface area contributed by atoms with E-state index in [2.05, 4.69) is 0 Å². The lowest BCUT2D eigenvalue weighted by molar-refractivity contribution is -0.147. The van der Waals surface area contributed by atoms with Crippen LogP contribution in [0, 0.1) is 5.92 Å². The van der Waals surface area contributed by atoms with Crippen LogP contribution in [0.2, 0.25) is 0 Å². The first-order valence-corrected chi connectivity index (χ1v) is 6.60. The van der Waals surface area contributed by atoms with E-state index >= 15 is 0 Å². The van der Waals surface area contributed by atoms with Gasteiger partial charge in [-0.25, -0.2) is 0 Å². The second-order valence-electron chi connectivity index (χ2n) is 5.04. The second kappa shape index (κ2) is 8.32. The lowest BCUT2D eigenvalue weighted by Gasteiger charge is -2.22. The van der Waals surface area contributed by atoms with Crippen molar-refractivity contribution in [2.24, 2.45) is 5.92 Å². The number of amides is 1. The van der Waals surface area contributed by atoms with Gasteiger partial charge in [0.15, 0.2) is 0 Å². The highest BCUT2D eigenvalue weighted by atomic mass is 16.5.